The predicted molar refractivity (Wildman–Crippen MR) is 193 cm³/mol. The maximum absolute atomic E-state index is 12.4. The zero-order valence-corrected chi connectivity index (χ0v) is 29.8. The quantitative estimate of drug-likeness (QED) is 0.0381. The van der Waals surface area contributed by atoms with E-state index >= 15 is 0 Å². The van der Waals surface area contributed by atoms with Crippen molar-refractivity contribution in [3.63, 3.8) is 0 Å². The highest BCUT2D eigenvalue weighted by atomic mass is 32.2. The second-order valence-electron chi connectivity index (χ2n) is 12.5. The van der Waals surface area contributed by atoms with E-state index in [9.17, 15) is 22.9 Å². The molecule has 0 heterocycles. The molecule has 3 N–H and O–H groups in total. The van der Waals surface area contributed by atoms with Gasteiger partial charge in [-0.1, -0.05) is 172 Å². The van der Waals surface area contributed by atoms with Crippen molar-refractivity contribution in [2.24, 2.45) is 0 Å². The molecule has 0 bridgehead atoms. The Morgan fingerprint density at radius 1 is 0.622 bits per heavy atom. The molecule has 0 rings (SSSR count). The van der Waals surface area contributed by atoms with E-state index in [1.807, 2.05) is 12.2 Å². The predicted octanol–water partition coefficient (Wildman–Crippen LogP) is 10.3. The van der Waals surface area contributed by atoms with Gasteiger partial charge < -0.3 is 10.4 Å². The van der Waals surface area contributed by atoms with Crippen molar-refractivity contribution in [3.8, 4) is 0 Å². The van der Waals surface area contributed by atoms with E-state index in [-0.39, 0.29) is 12.3 Å². The minimum absolute atomic E-state index is 0.196. The third-order valence-electron chi connectivity index (χ3n) is 8.06. The van der Waals surface area contributed by atoms with E-state index in [0.717, 1.165) is 44.9 Å². The van der Waals surface area contributed by atoms with Crippen LogP contribution >= 0.6 is 0 Å². The van der Waals surface area contributed by atoms with Gasteiger partial charge in [0.05, 0.1) is 17.9 Å². The van der Waals surface area contributed by atoms with Crippen molar-refractivity contribution in [2.45, 2.75) is 180 Å². The molecule has 0 aromatic heterocycles. The van der Waals surface area contributed by atoms with Gasteiger partial charge in [0.15, 0.2) is 0 Å². The van der Waals surface area contributed by atoms with Gasteiger partial charge in [0.2, 0.25) is 5.91 Å². The molecule has 0 aromatic carbocycles. The summed E-state index contributed by atoms with van der Waals surface area (Å²) in [5, 5.41) is 13.2. The second-order valence-corrected chi connectivity index (χ2v) is 14.0. The number of hydrogen-bond donors (Lipinski definition) is 3. The van der Waals surface area contributed by atoms with Crippen LogP contribution in [0.15, 0.2) is 48.6 Å². The average molecular weight is 652 g/mol. The molecule has 6 nitrogen and oxygen atoms in total. The fourth-order valence-corrected chi connectivity index (χ4v) is 6.11. The Morgan fingerprint density at radius 3 is 1.44 bits per heavy atom. The summed E-state index contributed by atoms with van der Waals surface area (Å²) in [7, 11) is -4.33. The summed E-state index contributed by atoms with van der Waals surface area (Å²) in [4.78, 5) is 12.4. The van der Waals surface area contributed by atoms with E-state index in [1.165, 1.54) is 89.9 Å². The topological polar surface area (TPSA) is 104 Å². The lowest BCUT2D eigenvalue weighted by atomic mass is 10.0. The molecular formula is C38H69NO5S. The van der Waals surface area contributed by atoms with Gasteiger partial charge in [0.1, 0.15) is 0 Å². The van der Waals surface area contributed by atoms with Crippen LogP contribution in [0.1, 0.15) is 168 Å². The summed E-state index contributed by atoms with van der Waals surface area (Å²) in [6, 6.07) is -1.01. The Balaban J connectivity index is 4.01. The molecule has 0 aliphatic heterocycles. The monoisotopic (exact) mass is 651 g/mol. The van der Waals surface area contributed by atoms with Crippen LogP contribution < -0.4 is 5.32 Å². The van der Waals surface area contributed by atoms with Crippen molar-refractivity contribution in [1.82, 2.24) is 5.32 Å². The lowest BCUT2D eigenvalue weighted by Gasteiger charge is -2.23. The van der Waals surface area contributed by atoms with Crippen LogP contribution in [0.3, 0.4) is 0 Å². The number of carbonyl (C=O) groups is 1. The average Bonchev–Trinajstić information content (AvgIpc) is 3.00. The number of aliphatic hydroxyl groups is 1. The Hall–Kier alpha value is -1.70. The van der Waals surface area contributed by atoms with Gasteiger partial charge in [-0.05, 0) is 38.5 Å². The van der Waals surface area contributed by atoms with Gasteiger partial charge in [-0.15, -0.1) is 0 Å². The highest BCUT2D eigenvalue weighted by Crippen LogP contribution is 2.15. The smallest absolute Gasteiger partial charge is 0.266 e. The molecule has 0 aliphatic rings. The Labute approximate surface area is 278 Å². The van der Waals surface area contributed by atoms with Gasteiger partial charge in [0.25, 0.3) is 10.1 Å². The van der Waals surface area contributed by atoms with Gasteiger partial charge in [-0.25, -0.2) is 0 Å². The Bertz CT molecular complexity index is 894. The molecule has 0 spiro atoms. The fraction of sp³-hybridized carbons (Fsp3) is 0.763. The first kappa shape index (κ1) is 43.3. The SMILES string of the molecule is CC/C=C\C/C=C\C/C=C\C/C=C\CCC(=O)NC(CS(=O)(=O)O)C(O)CCCCCCCCCCCCCCCCCCC. The molecule has 1 amide bonds. The summed E-state index contributed by atoms with van der Waals surface area (Å²) in [5.74, 6) is -1.00. The first-order valence-corrected chi connectivity index (χ1v) is 19.9. The molecule has 2 unspecified atom stereocenters. The fourth-order valence-electron chi connectivity index (χ4n) is 5.35. The lowest BCUT2D eigenvalue weighted by molar-refractivity contribution is -0.122. The van der Waals surface area contributed by atoms with Gasteiger partial charge in [-0.2, -0.15) is 8.42 Å². The molecule has 45 heavy (non-hydrogen) atoms. The van der Waals surface area contributed by atoms with E-state index < -0.39 is 28.0 Å². The maximum atomic E-state index is 12.4. The largest absolute Gasteiger partial charge is 0.391 e. The van der Waals surface area contributed by atoms with Crippen LogP contribution in [0.25, 0.3) is 0 Å². The second kappa shape index (κ2) is 32.2. The van der Waals surface area contributed by atoms with Crippen molar-refractivity contribution in [2.75, 3.05) is 5.75 Å². The summed E-state index contributed by atoms with van der Waals surface area (Å²) in [6.45, 7) is 4.39. The summed E-state index contributed by atoms with van der Waals surface area (Å²) < 4.78 is 32.4. The number of amides is 1. The van der Waals surface area contributed by atoms with Crippen molar-refractivity contribution in [3.05, 3.63) is 48.6 Å². The van der Waals surface area contributed by atoms with E-state index in [1.54, 1.807) is 0 Å². The van der Waals surface area contributed by atoms with Crippen LogP contribution in [-0.4, -0.2) is 41.9 Å². The normalized spacial score (nSPS) is 14.0. The van der Waals surface area contributed by atoms with Gasteiger partial charge in [0, 0.05) is 6.42 Å². The standard InChI is InChI=1S/C38H69NO5S/c1-3-5-7-9-11-13-15-17-18-19-20-22-23-25-27-29-31-33-37(40)36(35-45(42,43)44)39-38(41)34-32-30-28-26-24-21-16-14-12-10-8-6-4-2/h6,8,12,14,21,24,28,30,36-37,40H,3-5,7,9-11,13,15-20,22-23,25-27,29,31-35H2,1-2H3,(H,39,41)(H,42,43,44)/b8-6-,14-12-,24-21-,30-28-. The first-order chi connectivity index (χ1) is 21.8. The number of nitrogens with one attached hydrogen (secondary N) is 1. The maximum Gasteiger partial charge on any atom is 0.266 e. The number of allylic oxidation sites excluding steroid dienone is 8. The number of aliphatic hydroxyl groups excluding tert-OH is 1. The molecule has 0 saturated heterocycles. The molecule has 262 valence electrons. The summed E-state index contributed by atoms with van der Waals surface area (Å²) >= 11 is 0. The van der Waals surface area contributed by atoms with E-state index in [0.29, 0.717) is 12.8 Å². The van der Waals surface area contributed by atoms with Gasteiger partial charge >= 0.3 is 0 Å². The molecule has 7 heteroatoms. The number of carbonyl (C=O) groups excluding carboxylic acids is 1. The molecule has 0 saturated carbocycles. The first-order valence-electron chi connectivity index (χ1n) is 18.3. The Kier molecular flexibility index (Phi) is 31.0. The highest BCUT2D eigenvalue weighted by molar-refractivity contribution is 7.85. The summed E-state index contributed by atoms with van der Waals surface area (Å²) in [6.07, 6.45) is 42.2. The van der Waals surface area contributed by atoms with Crippen molar-refractivity contribution >= 4 is 16.0 Å². The van der Waals surface area contributed by atoms with Crippen LogP contribution in [-0.2, 0) is 14.9 Å². The molecular weight excluding hydrogens is 582 g/mol. The van der Waals surface area contributed by atoms with E-state index in [2.05, 4.69) is 55.6 Å². The molecule has 0 aliphatic carbocycles. The van der Waals surface area contributed by atoms with Crippen LogP contribution in [0.2, 0.25) is 0 Å². The van der Waals surface area contributed by atoms with Crippen LogP contribution in [0, 0.1) is 0 Å². The molecule has 0 fully saturated rings. The third-order valence-corrected chi connectivity index (χ3v) is 8.84. The van der Waals surface area contributed by atoms with E-state index in [4.69, 9.17) is 0 Å². The number of unbranched alkanes of at least 4 members (excludes halogenated alkanes) is 16. The van der Waals surface area contributed by atoms with Crippen molar-refractivity contribution in [1.29, 1.82) is 0 Å². The number of hydrogen-bond acceptors (Lipinski definition) is 4. The Morgan fingerprint density at radius 2 is 1.02 bits per heavy atom. The van der Waals surface area contributed by atoms with Crippen LogP contribution in [0.4, 0.5) is 0 Å². The highest BCUT2D eigenvalue weighted by Gasteiger charge is 2.25. The van der Waals surface area contributed by atoms with Crippen LogP contribution in [0.5, 0.6) is 0 Å². The minimum atomic E-state index is -4.33. The van der Waals surface area contributed by atoms with Gasteiger partial charge in [-0.3, -0.25) is 9.35 Å². The molecule has 0 radical (unpaired) electrons. The lowest BCUT2D eigenvalue weighted by Crippen LogP contribution is -2.47. The zero-order valence-electron chi connectivity index (χ0n) is 29.0. The number of rotatable bonds is 32. The third kappa shape index (κ3) is 33.5. The zero-order chi connectivity index (χ0) is 33.3. The molecule has 2 atom stereocenters. The minimum Gasteiger partial charge on any atom is -0.391 e. The van der Waals surface area contributed by atoms with Crippen molar-refractivity contribution < 1.29 is 22.9 Å². The summed E-state index contributed by atoms with van der Waals surface area (Å²) in [5.41, 5.74) is 0. The molecule has 0 aromatic rings.